The van der Waals surface area contributed by atoms with Crippen molar-refractivity contribution in [3.63, 3.8) is 0 Å². The minimum Gasteiger partial charge on any atom is -0.388 e. The summed E-state index contributed by atoms with van der Waals surface area (Å²) in [4.78, 5) is 4.37. The number of pyridine rings is 1. The lowest BCUT2D eigenvalue weighted by Crippen LogP contribution is -1.89. The number of fused-ring (bicyclic) bond motifs is 2. The third kappa shape index (κ3) is 1.92. The molecule has 21 heavy (non-hydrogen) atoms. The van der Waals surface area contributed by atoms with Crippen LogP contribution >= 0.6 is 0 Å². The highest BCUT2D eigenvalue weighted by Gasteiger charge is 2.07. The first kappa shape index (κ1) is 11.9. The number of hydrogen-bond donors (Lipinski definition) is 2. The summed E-state index contributed by atoms with van der Waals surface area (Å²) in [6, 6.07) is 12.6. The highest BCUT2D eigenvalue weighted by molar-refractivity contribution is 5.99. The van der Waals surface area contributed by atoms with Crippen molar-refractivity contribution >= 4 is 27.4 Å². The van der Waals surface area contributed by atoms with Crippen LogP contribution in [0.15, 0.2) is 55.0 Å². The molecular formula is C17H14N4. The van der Waals surface area contributed by atoms with Crippen LogP contribution in [0, 0.1) is 0 Å². The van der Waals surface area contributed by atoms with Crippen LogP contribution in [0.5, 0.6) is 0 Å². The summed E-state index contributed by atoms with van der Waals surface area (Å²) in [6.45, 7) is 0. The van der Waals surface area contributed by atoms with Crippen molar-refractivity contribution < 1.29 is 0 Å². The van der Waals surface area contributed by atoms with Crippen LogP contribution in [0.1, 0.15) is 0 Å². The maximum Gasteiger partial charge on any atom is 0.0650 e. The minimum absolute atomic E-state index is 1.04. The van der Waals surface area contributed by atoms with E-state index in [0.29, 0.717) is 0 Å². The van der Waals surface area contributed by atoms with Crippen LogP contribution in [-0.2, 0) is 0 Å². The molecule has 102 valence electrons. The molecule has 2 aromatic carbocycles. The molecule has 0 unspecified atom stereocenters. The number of rotatable bonds is 2. The van der Waals surface area contributed by atoms with Crippen LogP contribution < -0.4 is 5.32 Å². The highest BCUT2D eigenvalue weighted by atomic mass is 15.1. The lowest BCUT2D eigenvalue weighted by atomic mass is 9.99. The average Bonchev–Trinajstić information content (AvgIpc) is 3.01. The van der Waals surface area contributed by atoms with Gasteiger partial charge in [-0.2, -0.15) is 5.10 Å². The molecule has 0 saturated carbocycles. The van der Waals surface area contributed by atoms with Crippen molar-refractivity contribution in [3.8, 4) is 11.1 Å². The van der Waals surface area contributed by atoms with Crippen molar-refractivity contribution in [2.24, 2.45) is 0 Å². The van der Waals surface area contributed by atoms with E-state index < -0.39 is 0 Å². The van der Waals surface area contributed by atoms with Gasteiger partial charge < -0.3 is 5.32 Å². The quantitative estimate of drug-likeness (QED) is 0.584. The van der Waals surface area contributed by atoms with Gasteiger partial charge in [0.25, 0.3) is 0 Å². The molecule has 2 N–H and O–H groups in total. The molecule has 4 nitrogen and oxygen atoms in total. The van der Waals surface area contributed by atoms with Gasteiger partial charge >= 0.3 is 0 Å². The fourth-order valence-corrected chi connectivity index (χ4v) is 2.66. The number of benzene rings is 2. The van der Waals surface area contributed by atoms with Crippen molar-refractivity contribution in [2.45, 2.75) is 0 Å². The molecule has 0 radical (unpaired) electrons. The third-order valence-corrected chi connectivity index (χ3v) is 3.80. The Morgan fingerprint density at radius 1 is 0.952 bits per heavy atom. The minimum atomic E-state index is 1.04. The molecule has 0 amide bonds. The first-order valence-corrected chi connectivity index (χ1v) is 6.84. The predicted octanol–water partition coefficient (Wildman–Crippen LogP) is 3.82. The molecule has 0 spiro atoms. The maximum absolute atomic E-state index is 4.37. The second-order valence-electron chi connectivity index (χ2n) is 5.05. The van der Waals surface area contributed by atoms with Gasteiger partial charge in [-0.15, -0.1) is 0 Å². The molecule has 2 aromatic heterocycles. The van der Waals surface area contributed by atoms with Gasteiger partial charge in [0.05, 0.1) is 11.7 Å². The average molecular weight is 274 g/mol. The standard InChI is InChI=1S/C17H14N4/c1-18-14-4-2-12-8-19-10-16(15(12)7-14)11-3-5-17-13(6-11)9-20-21-17/h2-10,18H,1H3,(H,20,21). The van der Waals surface area contributed by atoms with Crippen LogP contribution in [0.4, 0.5) is 5.69 Å². The number of aromatic nitrogens is 3. The number of H-pyrrole nitrogens is 1. The van der Waals surface area contributed by atoms with Gasteiger partial charge in [0.2, 0.25) is 0 Å². The molecule has 0 atom stereocenters. The molecule has 4 heteroatoms. The van der Waals surface area contributed by atoms with Crippen molar-refractivity contribution in [1.29, 1.82) is 0 Å². The van der Waals surface area contributed by atoms with Gasteiger partial charge in [0.15, 0.2) is 0 Å². The zero-order chi connectivity index (χ0) is 14.2. The van der Waals surface area contributed by atoms with E-state index in [-0.39, 0.29) is 0 Å². The van der Waals surface area contributed by atoms with Crippen molar-refractivity contribution in [3.05, 3.63) is 55.0 Å². The molecule has 0 bridgehead atoms. The Labute approximate surface area is 121 Å². The zero-order valence-electron chi connectivity index (χ0n) is 11.6. The Bertz CT molecular complexity index is 940. The van der Waals surface area contributed by atoms with E-state index in [1.807, 2.05) is 25.6 Å². The smallest absolute Gasteiger partial charge is 0.0650 e. The van der Waals surface area contributed by atoms with E-state index in [4.69, 9.17) is 0 Å². The van der Waals surface area contributed by atoms with Crippen molar-refractivity contribution in [2.75, 3.05) is 12.4 Å². The van der Waals surface area contributed by atoms with E-state index >= 15 is 0 Å². The van der Waals surface area contributed by atoms with E-state index in [9.17, 15) is 0 Å². The van der Waals surface area contributed by atoms with Gasteiger partial charge in [0.1, 0.15) is 0 Å². The normalized spacial score (nSPS) is 11.1. The topological polar surface area (TPSA) is 53.6 Å². The second-order valence-corrected chi connectivity index (χ2v) is 5.05. The molecule has 0 aliphatic heterocycles. The Morgan fingerprint density at radius 3 is 2.81 bits per heavy atom. The summed E-state index contributed by atoms with van der Waals surface area (Å²) in [5, 5.41) is 13.7. The SMILES string of the molecule is CNc1ccc2cncc(-c3ccc4[nH]ncc4c3)c2c1. The number of anilines is 1. The van der Waals surface area contributed by atoms with Gasteiger partial charge in [-0.1, -0.05) is 12.1 Å². The zero-order valence-corrected chi connectivity index (χ0v) is 11.6. The molecule has 4 aromatic rings. The van der Waals surface area contributed by atoms with Gasteiger partial charge in [0, 0.05) is 41.5 Å². The molecule has 4 rings (SSSR count). The van der Waals surface area contributed by atoms with Crippen LogP contribution in [0.25, 0.3) is 32.8 Å². The summed E-state index contributed by atoms with van der Waals surface area (Å²) in [7, 11) is 1.93. The van der Waals surface area contributed by atoms with Gasteiger partial charge in [-0.25, -0.2) is 0 Å². The number of nitrogens with zero attached hydrogens (tertiary/aromatic N) is 2. The summed E-state index contributed by atoms with van der Waals surface area (Å²) >= 11 is 0. The van der Waals surface area contributed by atoms with Crippen molar-refractivity contribution in [1.82, 2.24) is 15.2 Å². The molecule has 2 heterocycles. The fraction of sp³-hybridized carbons (Fsp3) is 0.0588. The number of hydrogen-bond acceptors (Lipinski definition) is 3. The molecule has 0 fully saturated rings. The third-order valence-electron chi connectivity index (χ3n) is 3.80. The Balaban J connectivity index is 1.99. The Kier molecular flexibility index (Phi) is 2.60. The van der Waals surface area contributed by atoms with Crippen LogP contribution in [0.2, 0.25) is 0 Å². The largest absolute Gasteiger partial charge is 0.388 e. The molecular weight excluding hydrogens is 260 g/mol. The van der Waals surface area contributed by atoms with E-state index in [2.05, 4.69) is 56.9 Å². The first-order valence-electron chi connectivity index (χ1n) is 6.84. The maximum atomic E-state index is 4.37. The molecule has 0 aliphatic carbocycles. The Hall–Kier alpha value is -2.88. The lowest BCUT2D eigenvalue weighted by molar-refractivity contribution is 1.12. The number of nitrogens with one attached hydrogen (secondary N) is 2. The summed E-state index contributed by atoms with van der Waals surface area (Å²) in [5.74, 6) is 0. The first-order chi connectivity index (χ1) is 10.3. The van der Waals surface area contributed by atoms with Gasteiger partial charge in [-0.3, -0.25) is 10.1 Å². The van der Waals surface area contributed by atoms with E-state index in [0.717, 1.165) is 33.1 Å². The van der Waals surface area contributed by atoms with Crippen LogP contribution in [-0.4, -0.2) is 22.2 Å². The molecule has 0 aliphatic rings. The summed E-state index contributed by atoms with van der Waals surface area (Å²) < 4.78 is 0. The second kappa shape index (κ2) is 4.59. The number of aromatic amines is 1. The Morgan fingerprint density at radius 2 is 1.90 bits per heavy atom. The lowest BCUT2D eigenvalue weighted by Gasteiger charge is -2.08. The fourth-order valence-electron chi connectivity index (χ4n) is 2.66. The summed E-state index contributed by atoms with van der Waals surface area (Å²) in [5.41, 5.74) is 4.42. The monoisotopic (exact) mass is 274 g/mol. The summed E-state index contributed by atoms with van der Waals surface area (Å²) in [6.07, 6.45) is 5.66. The predicted molar refractivity (Wildman–Crippen MR) is 86.4 cm³/mol. The molecule has 0 saturated heterocycles. The van der Waals surface area contributed by atoms with E-state index in [1.165, 1.54) is 5.39 Å². The van der Waals surface area contributed by atoms with Gasteiger partial charge in [-0.05, 0) is 35.2 Å². The van der Waals surface area contributed by atoms with E-state index in [1.54, 1.807) is 0 Å². The highest BCUT2D eigenvalue weighted by Crippen LogP contribution is 2.31. The van der Waals surface area contributed by atoms with Crippen LogP contribution in [0.3, 0.4) is 0 Å².